The van der Waals surface area contributed by atoms with E-state index in [1.165, 1.54) is 16.4 Å². The van der Waals surface area contributed by atoms with Crippen molar-refractivity contribution in [2.24, 2.45) is 5.10 Å². The molecule has 0 radical (unpaired) electrons. The third-order valence-corrected chi connectivity index (χ3v) is 3.68. The predicted molar refractivity (Wildman–Crippen MR) is 94.6 cm³/mol. The van der Waals surface area contributed by atoms with Crippen molar-refractivity contribution in [2.75, 3.05) is 19.5 Å². The molecule has 0 aliphatic rings. The predicted octanol–water partition coefficient (Wildman–Crippen LogP) is 2.35. The summed E-state index contributed by atoms with van der Waals surface area (Å²) in [6.07, 6.45) is 3.39. The Morgan fingerprint density at radius 1 is 1.25 bits per heavy atom. The van der Waals surface area contributed by atoms with Crippen molar-refractivity contribution in [3.8, 4) is 11.5 Å². The lowest BCUT2D eigenvalue weighted by Crippen LogP contribution is -2.23. The summed E-state index contributed by atoms with van der Waals surface area (Å²) >= 11 is 1.30. The van der Waals surface area contributed by atoms with Crippen LogP contribution in [0.1, 0.15) is 25.1 Å². The molecule has 0 N–H and O–H groups in total. The summed E-state index contributed by atoms with van der Waals surface area (Å²) in [7, 11) is 0. The van der Waals surface area contributed by atoms with Crippen LogP contribution in [-0.2, 0) is 0 Å². The van der Waals surface area contributed by atoms with E-state index < -0.39 is 0 Å². The van der Waals surface area contributed by atoms with Gasteiger partial charge in [0.25, 0.3) is 5.56 Å². The van der Waals surface area contributed by atoms with Crippen LogP contribution in [0.25, 0.3) is 0 Å². The number of nitrogens with zero attached hydrogens (tertiary/aromatic N) is 4. The molecule has 0 spiro atoms. The third-order valence-electron chi connectivity index (χ3n) is 3.06. The van der Waals surface area contributed by atoms with E-state index in [4.69, 9.17) is 9.47 Å². The minimum Gasteiger partial charge on any atom is -0.494 e. The number of rotatable bonds is 7. The Kier molecular flexibility index (Phi) is 6.36. The first-order valence-electron chi connectivity index (χ1n) is 7.55. The van der Waals surface area contributed by atoms with Crippen LogP contribution in [0, 0.1) is 6.92 Å². The topological polar surface area (TPSA) is 78.6 Å². The monoisotopic (exact) mass is 348 g/mol. The van der Waals surface area contributed by atoms with Gasteiger partial charge in [-0.1, -0.05) is 11.8 Å². The highest BCUT2D eigenvalue weighted by atomic mass is 32.2. The molecule has 0 saturated heterocycles. The Bertz CT molecular complexity index is 789. The molecule has 0 atom stereocenters. The largest absolute Gasteiger partial charge is 0.494 e. The second-order valence-corrected chi connectivity index (χ2v) is 5.47. The second kappa shape index (κ2) is 8.49. The van der Waals surface area contributed by atoms with E-state index in [-0.39, 0.29) is 5.56 Å². The van der Waals surface area contributed by atoms with Gasteiger partial charge in [0, 0.05) is 11.6 Å². The highest BCUT2D eigenvalue weighted by Gasteiger charge is 2.08. The number of hydrogen-bond acceptors (Lipinski definition) is 7. The molecule has 7 nitrogen and oxygen atoms in total. The van der Waals surface area contributed by atoms with Gasteiger partial charge >= 0.3 is 0 Å². The lowest BCUT2D eigenvalue weighted by Gasteiger charge is -2.10. The Balaban J connectivity index is 2.42. The van der Waals surface area contributed by atoms with Gasteiger partial charge in [0.05, 0.1) is 19.4 Å². The Morgan fingerprint density at radius 2 is 2.00 bits per heavy atom. The van der Waals surface area contributed by atoms with Crippen LogP contribution in [0.15, 0.2) is 33.3 Å². The molecule has 128 valence electrons. The fourth-order valence-corrected chi connectivity index (χ4v) is 2.38. The van der Waals surface area contributed by atoms with Gasteiger partial charge in [-0.15, -0.1) is 10.2 Å². The van der Waals surface area contributed by atoms with Crippen LogP contribution < -0.4 is 15.0 Å². The van der Waals surface area contributed by atoms with Gasteiger partial charge in [0.15, 0.2) is 0 Å². The molecular formula is C16H20N4O3S. The number of hydrogen-bond donors (Lipinski definition) is 0. The van der Waals surface area contributed by atoms with E-state index in [2.05, 4.69) is 15.3 Å². The van der Waals surface area contributed by atoms with Crippen molar-refractivity contribution in [1.29, 1.82) is 0 Å². The van der Waals surface area contributed by atoms with Crippen LogP contribution in [0.3, 0.4) is 0 Å². The summed E-state index contributed by atoms with van der Waals surface area (Å²) in [5.74, 6) is 1.37. The van der Waals surface area contributed by atoms with E-state index in [1.54, 1.807) is 13.1 Å². The van der Waals surface area contributed by atoms with Crippen LogP contribution in [-0.4, -0.2) is 40.6 Å². The molecule has 24 heavy (non-hydrogen) atoms. The quantitative estimate of drug-likeness (QED) is 0.564. The van der Waals surface area contributed by atoms with Gasteiger partial charge in [0.1, 0.15) is 17.2 Å². The van der Waals surface area contributed by atoms with Crippen molar-refractivity contribution in [1.82, 2.24) is 14.9 Å². The molecule has 0 aliphatic carbocycles. The first-order chi connectivity index (χ1) is 11.6. The Morgan fingerprint density at radius 3 is 2.67 bits per heavy atom. The maximum Gasteiger partial charge on any atom is 0.296 e. The fraction of sp³-hybridized carbons (Fsp3) is 0.375. The van der Waals surface area contributed by atoms with Crippen molar-refractivity contribution in [3.63, 3.8) is 0 Å². The van der Waals surface area contributed by atoms with Crippen LogP contribution >= 0.6 is 11.8 Å². The van der Waals surface area contributed by atoms with E-state index in [9.17, 15) is 4.79 Å². The first kappa shape index (κ1) is 18.0. The molecule has 1 aromatic heterocycles. The number of aromatic nitrogens is 3. The smallest absolute Gasteiger partial charge is 0.296 e. The van der Waals surface area contributed by atoms with Crippen molar-refractivity contribution in [2.45, 2.75) is 25.9 Å². The summed E-state index contributed by atoms with van der Waals surface area (Å²) in [5, 5.41) is 12.5. The van der Waals surface area contributed by atoms with Gasteiger partial charge < -0.3 is 9.47 Å². The standard InChI is InChI=1S/C16H20N4O3S/c1-5-22-13-8-7-12(14(9-13)23-6-2)10-17-20-15(21)11(3)18-19-16(20)24-4/h7-10H,5-6H2,1-4H3/b17-10-. The number of thioether (sulfide) groups is 1. The van der Waals surface area contributed by atoms with Crippen LogP contribution in [0.4, 0.5) is 0 Å². The highest BCUT2D eigenvalue weighted by molar-refractivity contribution is 7.98. The molecule has 1 heterocycles. The lowest BCUT2D eigenvalue weighted by molar-refractivity contribution is 0.323. The van der Waals surface area contributed by atoms with Crippen molar-refractivity contribution >= 4 is 18.0 Å². The van der Waals surface area contributed by atoms with Gasteiger partial charge in [-0.2, -0.15) is 9.78 Å². The number of benzene rings is 1. The fourth-order valence-electron chi connectivity index (χ4n) is 1.95. The molecular weight excluding hydrogens is 328 g/mol. The normalized spacial score (nSPS) is 11.0. The minimum atomic E-state index is -0.297. The van der Waals surface area contributed by atoms with E-state index in [1.807, 2.05) is 38.3 Å². The summed E-state index contributed by atoms with van der Waals surface area (Å²) < 4.78 is 12.3. The van der Waals surface area contributed by atoms with Gasteiger partial charge in [-0.25, -0.2) is 0 Å². The zero-order chi connectivity index (χ0) is 17.5. The zero-order valence-corrected chi connectivity index (χ0v) is 15.0. The summed E-state index contributed by atoms with van der Waals surface area (Å²) in [6, 6.07) is 5.48. The van der Waals surface area contributed by atoms with E-state index in [0.29, 0.717) is 29.8 Å². The van der Waals surface area contributed by atoms with E-state index >= 15 is 0 Å². The van der Waals surface area contributed by atoms with Crippen LogP contribution in [0.5, 0.6) is 11.5 Å². The average molecular weight is 348 g/mol. The molecule has 0 saturated carbocycles. The molecule has 0 bridgehead atoms. The van der Waals surface area contributed by atoms with E-state index in [0.717, 1.165) is 11.3 Å². The maximum atomic E-state index is 12.2. The van der Waals surface area contributed by atoms with Crippen molar-refractivity contribution in [3.05, 3.63) is 39.8 Å². The SMILES string of the molecule is CCOc1ccc(/C=N\n2c(SC)nnc(C)c2=O)c(OCC)c1. The Hall–Kier alpha value is -2.35. The highest BCUT2D eigenvalue weighted by Crippen LogP contribution is 2.24. The molecule has 2 aromatic rings. The van der Waals surface area contributed by atoms with Crippen molar-refractivity contribution < 1.29 is 9.47 Å². The maximum absolute atomic E-state index is 12.2. The third kappa shape index (κ3) is 4.14. The molecule has 0 unspecified atom stereocenters. The molecule has 8 heteroatoms. The van der Waals surface area contributed by atoms with Gasteiger partial charge in [0.2, 0.25) is 5.16 Å². The number of aryl methyl sites for hydroxylation is 1. The average Bonchev–Trinajstić information content (AvgIpc) is 2.58. The molecule has 1 aromatic carbocycles. The van der Waals surface area contributed by atoms with Gasteiger partial charge in [-0.3, -0.25) is 4.79 Å². The van der Waals surface area contributed by atoms with Gasteiger partial charge in [-0.05, 0) is 39.2 Å². The Labute approximate surface area is 144 Å². The molecule has 2 rings (SSSR count). The summed E-state index contributed by atoms with van der Waals surface area (Å²) in [5.41, 5.74) is 0.741. The minimum absolute atomic E-state index is 0.293. The molecule has 0 amide bonds. The second-order valence-electron chi connectivity index (χ2n) is 4.70. The van der Waals surface area contributed by atoms with Crippen LogP contribution in [0.2, 0.25) is 0 Å². The zero-order valence-electron chi connectivity index (χ0n) is 14.1. The molecule has 0 fully saturated rings. The lowest BCUT2D eigenvalue weighted by atomic mass is 10.2. The summed E-state index contributed by atoms with van der Waals surface area (Å²) in [6.45, 7) is 6.52. The number of ether oxygens (including phenoxy) is 2. The summed E-state index contributed by atoms with van der Waals surface area (Å²) in [4.78, 5) is 12.2. The molecule has 0 aliphatic heterocycles. The first-order valence-corrected chi connectivity index (χ1v) is 8.77.